The third-order valence-electron chi connectivity index (χ3n) is 5.49. The molecule has 1 aromatic heterocycles. The first kappa shape index (κ1) is 25.0. The normalized spacial score (nSPS) is 16.1. The molecule has 0 spiro atoms. The molecule has 0 radical (unpaired) electrons. The van der Waals surface area contributed by atoms with Gasteiger partial charge in [0.15, 0.2) is 10.7 Å². The Kier molecular flexibility index (Phi) is 7.98. The lowest BCUT2D eigenvalue weighted by molar-refractivity contribution is -0.126. The van der Waals surface area contributed by atoms with Crippen LogP contribution in [0.15, 0.2) is 27.6 Å². The van der Waals surface area contributed by atoms with Crippen molar-refractivity contribution in [1.82, 2.24) is 19.7 Å². The molecule has 0 saturated carbocycles. The minimum atomic E-state index is -3.94. The molecule has 1 saturated heterocycles. The highest BCUT2D eigenvalue weighted by molar-refractivity contribution is 7.89. The minimum Gasteiger partial charge on any atom is -0.355 e. The van der Waals surface area contributed by atoms with E-state index < -0.39 is 21.7 Å². The zero-order valence-electron chi connectivity index (χ0n) is 18.8. The van der Waals surface area contributed by atoms with E-state index in [0.29, 0.717) is 19.4 Å². The van der Waals surface area contributed by atoms with Gasteiger partial charge in [-0.2, -0.15) is 4.31 Å². The second kappa shape index (κ2) is 10.5. The molecule has 1 fully saturated rings. The standard InChI is InChI=1S/C22H28F2N4O4S/c1-15-21(20(32-26-15)7-5-16-4-6-18(23)14-19(16)24)33(30,31)28-11-8-17(9-12-28)22(29)25-10-13-27(2)3/h4-7,14,17H,8-13H2,1-3H3,(H,25,29). The van der Waals surface area contributed by atoms with Gasteiger partial charge in [0.1, 0.15) is 17.3 Å². The Labute approximate surface area is 192 Å². The van der Waals surface area contributed by atoms with Crippen molar-refractivity contribution in [1.29, 1.82) is 0 Å². The Hall–Kier alpha value is -2.63. The number of carbonyl (C=O) groups excluding carboxylic acids is 1. The minimum absolute atomic E-state index is 0.0419. The molecule has 8 nitrogen and oxygen atoms in total. The lowest BCUT2D eigenvalue weighted by Crippen LogP contribution is -2.44. The van der Waals surface area contributed by atoms with E-state index in [1.165, 1.54) is 29.4 Å². The van der Waals surface area contributed by atoms with Crippen molar-refractivity contribution in [3.05, 3.63) is 46.9 Å². The lowest BCUT2D eigenvalue weighted by Gasteiger charge is -2.30. The van der Waals surface area contributed by atoms with Gasteiger partial charge in [-0.25, -0.2) is 17.2 Å². The largest absolute Gasteiger partial charge is 0.355 e. The summed E-state index contributed by atoms with van der Waals surface area (Å²) < 4.78 is 60.1. The van der Waals surface area contributed by atoms with E-state index in [9.17, 15) is 22.0 Å². The number of nitrogens with one attached hydrogen (secondary N) is 1. The van der Waals surface area contributed by atoms with Gasteiger partial charge in [0.05, 0.1) is 0 Å². The molecule has 1 N–H and O–H groups in total. The molecule has 1 aliphatic rings. The topological polar surface area (TPSA) is 95.8 Å². The average molecular weight is 483 g/mol. The number of hydrogen-bond acceptors (Lipinski definition) is 6. The summed E-state index contributed by atoms with van der Waals surface area (Å²) in [7, 11) is -0.108. The zero-order valence-corrected chi connectivity index (χ0v) is 19.7. The monoisotopic (exact) mass is 482 g/mol. The van der Waals surface area contributed by atoms with Gasteiger partial charge in [0, 0.05) is 43.7 Å². The highest BCUT2D eigenvalue weighted by Gasteiger charge is 2.35. The Morgan fingerprint density at radius 2 is 1.97 bits per heavy atom. The third-order valence-corrected chi connectivity index (χ3v) is 7.55. The molecular weight excluding hydrogens is 454 g/mol. The number of nitrogens with zero attached hydrogens (tertiary/aromatic N) is 3. The number of likely N-dealkylation sites (N-methyl/N-ethyl adjacent to an activating group) is 1. The van der Waals surface area contributed by atoms with Crippen molar-refractivity contribution in [3.8, 4) is 0 Å². The van der Waals surface area contributed by atoms with E-state index in [-0.39, 0.29) is 46.8 Å². The summed E-state index contributed by atoms with van der Waals surface area (Å²) >= 11 is 0. The molecule has 1 aromatic carbocycles. The van der Waals surface area contributed by atoms with E-state index >= 15 is 0 Å². The fourth-order valence-electron chi connectivity index (χ4n) is 3.64. The van der Waals surface area contributed by atoms with E-state index in [4.69, 9.17) is 4.52 Å². The Bertz CT molecular complexity index is 1120. The molecule has 0 atom stereocenters. The highest BCUT2D eigenvalue weighted by Crippen LogP contribution is 2.29. The number of amides is 1. The van der Waals surface area contributed by atoms with Crippen molar-refractivity contribution in [2.75, 3.05) is 40.3 Å². The maximum atomic E-state index is 13.9. The molecular formula is C22H28F2N4O4S. The molecule has 1 aliphatic heterocycles. The predicted molar refractivity (Wildman–Crippen MR) is 120 cm³/mol. The summed E-state index contributed by atoms with van der Waals surface area (Å²) in [5.41, 5.74) is 0.257. The van der Waals surface area contributed by atoms with E-state index in [2.05, 4.69) is 10.5 Å². The molecule has 180 valence electrons. The van der Waals surface area contributed by atoms with E-state index in [1.807, 2.05) is 19.0 Å². The summed E-state index contributed by atoms with van der Waals surface area (Å²) in [6, 6.07) is 3.09. The van der Waals surface area contributed by atoms with Crippen LogP contribution < -0.4 is 5.32 Å². The lowest BCUT2D eigenvalue weighted by atomic mass is 9.97. The number of carbonyl (C=O) groups is 1. The predicted octanol–water partition coefficient (Wildman–Crippen LogP) is 2.51. The zero-order chi connectivity index (χ0) is 24.2. The molecule has 0 aliphatic carbocycles. The second-order valence-corrected chi connectivity index (χ2v) is 10.1. The van der Waals surface area contributed by atoms with Gasteiger partial charge in [0.25, 0.3) is 0 Å². The maximum absolute atomic E-state index is 13.9. The fourth-order valence-corrected chi connectivity index (χ4v) is 5.36. The van der Waals surface area contributed by atoms with E-state index in [0.717, 1.165) is 18.7 Å². The summed E-state index contributed by atoms with van der Waals surface area (Å²) in [6.07, 6.45) is 3.42. The van der Waals surface area contributed by atoms with Gasteiger partial charge >= 0.3 is 0 Å². The highest BCUT2D eigenvalue weighted by atomic mass is 32.2. The molecule has 0 unspecified atom stereocenters. The Balaban J connectivity index is 1.71. The number of hydrogen-bond donors (Lipinski definition) is 1. The van der Waals surface area contributed by atoms with Crippen LogP contribution in [0.5, 0.6) is 0 Å². The molecule has 0 bridgehead atoms. The van der Waals surface area contributed by atoms with Gasteiger partial charge in [-0.15, -0.1) is 0 Å². The molecule has 2 aromatic rings. The van der Waals surface area contributed by atoms with Gasteiger partial charge in [-0.05, 0) is 58.1 Å². The van der Waals surface area contributed by atoms with Crippen molar-refractivity contribution in [3.63, 3.8) is 0 Å². The van der Waals surface area contributed by atoms with Crippen molar-refractivity contribution in [2.24, 2.45) is 5.92 Å². The first-order valence-electron chi connectivity index (χ1n) is 10.6. The Morgan fingerprint density at radius 1 is 1.27 bits per heavy atom. The van der Waals surface area contributed by atoms with Gasteiger partial charge < -0.3 is 14.7 Å². The number of sulfonamides is 1. The van der Waals surface area contributed by atoms with Crippen LogP contribution in [0.2, 0.25) is 0 Å². The van der Waals surface area contributed by atoms with Crippen LogP contribution in [-0.2, 0) is 14.8 Å². The summed E-state index contributed by atoms with van der Waals surface area (Å²) in [6.45, 7) is 3.15. The van der Waals surface area contributed by atoms with E-state index in [1.54, 1.807) is 0 Å². The number of aryl methyl sites for hydroxylation is 1. The van der Waals surface area contributed by atoms with Crippen LogP contribution in [0.4, 0.5) is 8.78 Å². The summed E-state index contributed by atoms with van der Waals surface area (Å²) in [5, 5.41) is 6.65. The summed E-state index contributed by atoms with van der Waals surface area (Å²) in [5.74, 6) is -1.85. The molecule has 3 rings (SSSR count). The van der Waals surface area contributed by atoms with Crippen LogP contribution in [-0.4, -0.2) is 69.0 Å². The first-order valence-corrected chi connectivity index (χ1v) is 12.1. The molecule has 11 heteroatoms. The van der Waals surface area contributed by atoms with Crippen LogP contribution in [0.25, 0.3) is 12.2 Å². The van der Waals surface area contributed by atoms with Gasteiger partial charge in [-0.3, -0.25) is 4.79 Å². The van der Waals surface area contributed by atoms with Crippen molar-refractivity contribution >= 4 is 28.1 Å². The number of aromatic nitrogens is 1. The number of halogens is 2. The van der Waals surface area contributed by atoms with Crippen molar-refractivity contribution < 1.29 is 26.5 Å². The van der Waals surface area contributed by atoms with Gasteiger partial charge in [0.2, 0.25) is 15.9 Å². The number of rotatable bonds is 8. The molecule has 33 heavy (non-hydrogen) atoms. The quantitative estimate of drug-likeness (QED) is 0.621. The maximum Gasteiger partial charge on any atom is 0.248 e. The Morgan fingerprint density at radius 3 is 2.61 bits per heavy atom. The first-order chi connectivity index (χ1) is 15.6. The molecule has 2 heterocycles. The summed E-state index contributed by atoms with van der Waals surface area (Å²) in [4.78, 5) is 14.2. The second-order valence-electron chi connectivity index (χ2n) is 8.23. The van der Waals surface area contributed by atoms with Crippen LogP contribution in [0.1, 0.15) is 29.9 Å². The van der Waals surface area contributed by atoms with Gasteiger partial charge in [-0.1, -0.05) is 5.16 Å². The average Bonchev–Trinajstić information content (AvgIpc) is 3.14. The van der Waals surface area contributed by atoms with Crippen LogP contribution in [0.3, 0.4) is 0 Å². The smallest absolute Gasteiger partial charge is 0.248 e. The van der Waals surface area contributed by atoms with Crippen LogP contribution >= 0.6 is 0 Å². The van der Waals surface area contributed by atoms with Crippen molar-refractivity contribution in [2.45, 2.75) is 24.7 Å². The fraction of sp³-hybridized carbons (Fsp3) is 0.455. The van der Waals surface area contributed by atoms with Crippen LogP contribution in [0, 0.1) is 24.5 Å². The number of benzene rings is 1. The molecule has 1 amide bonds. The third kappa shape index (κ3) is 6.04. The SMILES string of the molecule is Cc1noc(C=Cc2ccc(F)cc2F)c1S(=O)(=O)N1CCC(C(=O)NCCN(C)C)CC1. The number of piperidine rings is 1.